The molecule has 0 bridgehead atoms. The van der Waals surface area contributed by atoms with E-state index in [9.17, 15) is 4.79 Å². The number of aryl methyl sites for hydroxylation is 1. The van der Waals surface area contributed by atoms with Crippen LogP contribution in [0.4, 0.5) is 0 Å². The van der Waals surface area contributed by atoms with Crippen LogP contribution in [0.5, 0.6) is 0 Å². The number of nitrogens with zero attached hydrogens (tertiary/aromatic N) is 5. The van der Waals surface area contributed by atoms with Gasteiger partial charge in [-0.2, -0.15) is 4.98 Å². The predicted molar refractivity (Wildman–Crippen MR) is 103 cm³/mol. The van der Waals surface area contributed by atoms with Crippen LogP contribution in [0.1, 0.15) is 72.3 Å². The number of hydrogen-bond acceptors (Lipinski definition) is 7. The lowest BCUT2D eigenvalue weighted by Gasteiger charge is -2.46. The van der Waals surface area contributed by atoms with Gasteiger partial charge in [-0.25, -0.2) is 4.98 Å². The average molecular weight is 397 g/mol. The van der Waals surface area contributed by atoms with E-state index in [0.29, 0.717) is 30.6 Å². The molecule has 0 N–H and O–H groups in total. The van der Waals surface area contributed by atoms with Gasteiger partial charge in [0.15, 0.2) is 5.82 Å². The number of carbonyl (C=O) groups is 1. The lowest BCUT2D eigenvalue weighted by atomic mass is 9.78. The maximum Gasteiger partial charge on any atom is 0.274 e. The van der Waals surface area contributed by atoms with E-state index in [1.54, 1.807) is 12.4 Å². The molecule has 8 nitrogen and oxygen atoms in total. The van der Waals surface area contributed by atoms with Crippen molar-refractivity contribution in [3.63, 3.8) is 0 Å². The van der Waals surface area contributed by atoms with Crippen LogP contribution in [-0.4, -0.2) is 56.2 Å². The van der Waals surface area contributed by atoms with Gasteiger partial charge in [-0.1, -0.05) is 5.16 Å². The molecule has 8 heteroatoms. The van der Waals surface area contributed by atoms with Gasteiger partial charge in [-0.05, 0) is 51.4 Å². The molecule has 154 valence electrons. The minimum absolute atomic E-state index is 0.0434. The molecule has 2 aliphatic heterocycles. The van der Waals surface area contributed by atoms with E-state index in [-0.39, 0.29) is 11.5 Å². The molecule has 0 radical (unpaired) electrons. The number of piperidine rings is 1. The van der Waals surface area contributed by atoms with Crippen molar-refractivity contribution in [2.24, 2.45) is 5.92 Å². The number of rotatable bonds is 4. The Morgan fingerprint density at radius 3 is 2.76 bits per heavy atom. The third-order valence-corrected chi connectivity index (χ3v) is 6.45. The lowest BCUT2D eigenvalue weighted by molar-refractivity contribution is -0.124. The summed E-state index contributed by atoms with van der Waals surface area (Å²) >= 11 is 0. The van der Waals surface area contributed by atoms with Crippen molar-refractivity contribution in [3.8, 4) is 0 Å². The van der Waals surface area contributed by atoms with Crippen molar-refractivity contribution >= 4 is 5.91 Å². The van der Waals surface area contributed by atoms with Gasteiger partial charge in [0.1, 0.15) is 5.69 Å². The second kappa shape index (κ2) is 7.48. The molecule has 0 aromatic carbocycles. The number of aromatic nitrogens is 4. The molecule has 1 unspecified atom stereocenters. The van der Waals surface area contributed by atoms with E-state index < -0.39 is 0 Å². The van der Waals surface area contributed by atoms with Crippen molar-refractivity contribution < 1.29 is 14.1 Å². The Bertz CT molecular complexity index is 869. The van der Waals surface area contributed by atoms with Crippen LogP contribution in [0.25, 0.3) is 0 Å². The molecule has 1 spiro atoms. The van der Waals surface area contributed by atoms with Crippen molar-refractivity contribution in [2.45, 2.75) is 63.4 Å². The quantitative estimate of drug-likeness (QED) is 0.783. The molecule has 1 aliphatic carbocycles. The summed E-state index contributed by atoms with van der Waals surface area (Å²) in [6.07, 6.45) is 10.1. The zero-order valence-electron chi connectivity index (χ0n) is 16.8. The van der Waals surface area contributed by atoms with E-state index in [2.05, 4.69) is 20.1 Å². The monoisotopic (exact) mass is 397 g/mol. The summed E-state index contributed by atoms with van der Waals surface area (Å²) in [7, 11) is 0. The first kappa shape index (κ1) is 18.7. The summed E-state index contributed by atoms with van der Waals surface area (Å²) in [5.41, 5.74) is 1.08. The minimum Gasteiger partial charge on any atom is -0.375 e. The molecule has 5 rings (SSSR count). The molecule has 4 heterocycles. The molecule has 1 atom stereocenters. The molecule has 2 aromatic rings. The molecule has 1 amide bonds. The summed E-state index contributed by atoms with van der Waals surface area (Å²) < 4.78 is 11.7. The van der Waals surface area contributed by atoms with Crippen LogP contribution in [0.15, 0.2) is 16.9 Å². The highest BCUT2D eigenvalue weighted by atomic mass is 16.5. The third-order valence-electron chi connectivity index (χ3n) is 6.45. The van der Waals surface area contributed by atoms with Gasteiger partial charge in [0.05, 0.1) is 17.5 Å². The highest BCUT2D eigenvalue weighted by molar-refractivity contribution is 5.92. The van der Waals surface area contributed by atoms with Crippen LogP contribution in [0, 0.1) is 12.8 Å². The van der Waals surface area contributed by atoms with Crippen LogP contribution in [0.2, 0.25) is 0 Å². The fourth-order valence-corrected chi connectivity index (χ4v) is 4.54. The van der Waals surface area contributed by atoms with Crippen molar-refractivity contribution in [3.05, 3.63) is 35.5 Å². The highest BCUT2D eigenvalue weighted by Gasteiger charge is 2.42. The summed E-state index contributed by atoms with van der Waals surface area (Å²) in [4.78, 5) is 27.6. The molecular weight excluding hydrogens is 370 g/mol. The van der Waals surface area contributed by atoms with Crippen molar-refractivity contribution in [1.82, 2.24) is 25.0 Å². The number of hydrogen-bond donors (Lipinski definition) is 0. The minimum atomic E-state index is -0.141. The van der Waals surface area contributed by atoms with Crippen LogP contribution < -0.4 is 0 Å². The maximum atomic E-state index is 12.7. The van der Waals surface area contributed by atoms with Crippen LogP contribution >= 0.6 is 0 Å². The van der Waals surface area contributed by atoms with E-state index in [0.717, 1.165) is 56.1 Å². The van der Waals surface area contributed by atoms with Gasteiger partial charge in [-0.15, -0.1) is 0 Å². The lowest BCUT2D eigenvalue weighted by Crippen LogP contribution is -2.51. The standard InChI is InChI=1S/C21H27N5O3/c1-14-12-23-17(13-22-14)20(27)26-7-5-21(6-8-26)11-15(4-9-28-21)10-18-24-19(25-29-18)16-2-3-16/h12-13,15-16H,2-11H2,1H3. The zero-order valence-corrected chi connectivity index (χ0v) is 16.8. The number of carbonyl (C=O) groups excluding carboxylic acids is 1. The molecular formula is C21H27N5O3. The maximum absolute atomic E-state index is 12.7. The van der Waals surface area contributed by atoms with E-state index in [4.69, 9.17) is 9.26 Å². The Balaban J connectivity index is 1.18. The topological polar surface area (TPSA) is 94.2 Å². The number of ether oxygens (including phenoxy) is 1. The first-order chi connectivity index (χ1) is 14.1. The van der Waals surface area contributed by atoms with E-state index >= 15 is 0 Å². The SMILES string of the molecule is Cc1cnc(C(=O)N2CCC3(CC2)CC(Cc2nc(C4CC4)no2)CCO3)cn1. The zero-order chi connectivity index (χ0) is 19.8. The van der Waals surface area contributed by atoms with E-state index in [1.165, 1.54) is 12.8 Å². The molecule has 2 aromatic heterocycles. The number of amides is 1. The van der Waals surface area contributed by atoms with Gasteiger partial charge in [-0.3, -0.25) is 9.78 Å². The fraction of sp³-hybridized carbons (Fsp3) is 0.667. The smallest absolute Gasteiger partial charge is 0.274 e. The first-order valence-electron chi connectivity index (χ1n) is 10.6. The third kappa shape index (κ3) is 4.03. The van der Waals surface area contributed by atoms with Crippen LogP contribution in [0.3, 0.4) is 0 Å². The van der Waals surface area contributed by atoms with Crippen LogP contribution in [-0.2, 0) is 11.2 Å². The van der Waals surface area contributed by atoms with Crippen molar-refractivity contribution in [1.29, 1.82) is 0 Å². The molecule has 2 saturated heterocycles. The van der Waals surface area contributed by atoms with Gasteiger partial charge < -0.3 is 14.2 Å². The summed E-state index contributed by atoms with van der Waals surface area (Å²) in [6.45, 7) is 4.00. The Morgan fingerprint density at radius 1 is 1.21 bits per heavy atom. The predicted octanol–water partition coefficient (Wildman–Crippen LogP) is 2.69. The van der Waals surface area contributed by atoms with Gasteiger partial charge in [0.2, 0.25) is 5.89 Å². The molecule has 3 aliphatic rings. The fourth-order valence-electron chi connectivity index (χ4n) is 4.54. The Morgan fingerprint density at radius 2 is 2.03 bits per heavy atom. The number of likely N-dealkylation sites (tertiary alicyclic amines) is 1. The largest absolute Gasteiger partial charge is 0.375 e. The Labute approximate surface area is 170 Å². The Hall–Kier alpha value is -2.35. The van der Waals surface area contributed by atoms with Gasteiger partial charge >= 0.3 is 0 Å². The summed E-state index contributed by atoms with van der Waals surface area (Å²) in [5, 5.41) is 4.14. The summed E-state index contributed by atoms with van der Waals surface area (Å²) in [5.74, 6) is 2.61. The normalized spacial score (nSPS) is 24.0. The summed E-state index contributed by atoms with van der Waals surface area (Å²) in [6, 6.07) is 0. The molecule has 3 fully saturated rings. The van der Waals surface area contributed by atoms with E-state index in [1.807, 2.05) is 11.8 Å². The first-order valence-corrected chi connectivity index (χ1v) is 10.6. The van der Waals surface area contributed by atoms with Crippen molar-refractivity contribution in [2.75, 3.05) is 19.7 Å². The highest BCUT2D eigenvalue weighted by Crippen LogP contribution is 2.40. The Kier molecular flexibility index (Phi) is 4.81. The van der Waals surface area contributed by atoms with Gasteiger partial charge in [0.25, 0.3) is 5.91 Å². The molecule has 1 saturated carbocycles. The second-order valence-electron chi connectivity index (χ2n) is 8.75. The molecule has 29 heavy (non-hydrogen) atoms. The second-order valence-corrected chi connectivity index (χ2v) is 8.75. The average Bonchev–Trinajstić information content (AvgIpc) is 3.48. The van der Waals surface area contributed by atoms with Gasteiger partial charge in [0, 0.05) is 38.2 Å².